The maximum atomic E-state index is 8.52. The van der Waals surface area contributed by atoms with Gasteiger partial charge in [0, 0.05) is 5.57 Å². The summed E-state index contributed by atoms with van der Waals surface area (Å²) in [5, 5.41) is 8.72. The third-order valence-corrected chi connectivity index (χ3v) is 7.05. The molecule has 0 aliphatic heterocycles. The zero-order valence-corrected chi connectivity index (χ0v) is 10.3. The predicted molar refractivity (Wildman–Crippen MR) is 57.9 cm³/mol. The molecule has 0 aliphatic rings. The fourth-order valence-electron chi connectivity index (χ4n) is 0.516. The second kappa shape index (κ2) is 4.08. The molecule has 0 heterocycles. The Morgan fingerprint density at radius 1 is 1.46 bits per heavy atom. The highest BCUT2D eigenvalue weighted by molar-refractivity contribution is 6.74. The first-order valence-electron chi connectivity index (χ1n) is 4.42. The Morgan fingerprint density at radius 2 is 1.92 bits per heavy atom. The molecule has 0 spiro atoms. The summed E-state index contributed by atoms with van der Waals surface area (Å²) in [4.78, 5) is 0. The minimum Gasteiger partial charge on any atom is -0.412 e. The van der Waals surface area contributed by atoms with Gasteiger partial charge in [-0.2, -0.15) is 5.26 Å². The molecule has 0 saturated heterocycles. The van der Waals surface area contributed by atoms with Crippen molar-refractivity contribution >= 4 is 8.32 Å². The smallest absolute Gasteiger partial charge is 0.192 e. The molecular formula is C10H19NOSi. The number of nitrogens with zero attached hydrogens (tertiary/aromatic N) is 1. The van der Waals surface area contributed by atoms with E-state index < -0.39 is 8.32 Å². The van der Waals surface area contributed by atoms with Gasteiger partial charge in [-0.1, -0.05) is 27.4 Å². The molecule has 3 heteroatoms. The van der Waals surface area contributed by atoms with Crippen LogP contribution in [0.15, 0.2) is 12.2 Å². The Balaban J connectivity index is 4.22. The zero-order valence-electron chi connectivity index (χ0n) is 9.27. The molecule has 0 amide bonds. The van der Waals surface area contributed by atoms with Gasteiger partial charge in [-0.05, 0) is 18.1 Å². The average molecular weight is 197 g/mol. The standard InChI is InChI=1S/C10H19NOSi/c1-9(7-11)8-12-13(5,6)10(2,3)4/h1,8H2,2-6H3. The van der Waals surface area contributed by atoms with Gasteiger partial charge in [-0.15, -0.1) is 0 Å². The summed E-state index contributed by atoms with van der Waals surface area (Å²) in [6.45, 7) is 14.8. The van der Waals surface area contributed by atoms with Gasteiger partial charge in [0.05, 0.1) is 12.7 Å². The highest BCUT2D eigenvalue weighted by Crippen LogP contribution is 2.36. The molecule has 0 atom stereocenters. The van der Waals surface area contributed by atoms with E-state index in [-0.39, 0.29) is 5.04 Å². The summed E-state index contributed by atoms with van der Waals surface area (Å²) in [6.07, 6.45) is 0. The molecule has 0 saturated carbocycles. The normalized spacial score (nSPS) is 12.3. The van der Waals surface area contributed by atoms with E-state index in [1.807, 2.05) is 6.07 Å². The van der Waals surface area contributed by atoms with Crippen LogP contribution in [0.3, 0.4) is 0 Å². The van der Waals surface area contributed by atoms with Crippen molar-refractivity contribution in [2.45, 2.75) is 38.9 Å². The van der Waals surface area contributed by atoms with E-state index in [1.54, 1.807) is 0 Å². The predicted octanol–water partition coefficient (Wildman–Crippen LogP) is 3.09. The molecule has 2 nitrogen and oxygen atoms in total. The quantitative estimate of drug-likeness (QED) is 0.514. The molecule has 0 aromatic rings. The van der Waals surface area contributed by atoms with Gasteiger partial charge in [0.15, 0.2) is 8.32 Å². The Labute approximate surface area is 82.3 Å². The van der Waals surface area contributed by atoms with E-state index >= 15 is 0 Å². The summed E-state index contributed by atoms with van der Waals surface area (Å²) >= 11 is 0. The van der Waals surface area contributed by atoms with Crippen LogP contribution >= 0.6 is 0 Å². The second-order valence-electron chi connectivity index (χ2n) is 4.76. The van der Waals surface area contributed by atoms with Crippen molar-refractivity contribution in [2.24, 2.45) is 0 Å². The van der Waals surface area contributed by atoms with Crippen molar-refractivity contribution in [3.63, 3.8) is 0 Å². The van der Waals surface area contributed by atoms with Crippen molar-refractivity contribution in [3.8, 4) is 6.07 Å². The molecular weight excluding hydrogens is 178 g/mol. The molecule has 0 fully saturated rings. The zero-order chi connectivity index (χ0) is 10.7. The van der Waals surface area contributed by atoms with Crippen LogP contribution in [0.5, 0.6) is 0 Å². The van der Waals surface area contributed by atoms with E-state index in [2.05, 4.69) is 40.4 Å². The van der Waals surface area contributed by atoms with Gasteiger partial charge in [-0.3, -0.25) is 0 Å². The van der Waals surface area contributed by atoms with Crippen LogP contribution in [0.1, 0.15) is 20.8 Å². The highest BCUT2D eigenvalue weighted by Gasteiger charge is 2.37. The first-order valence-corrected chi connectivity index (χ1v) is 7.33. The monoisotopic (exact) mass is 197 g/mol. The van der Waals surface area contributed by atoms with Crippen molar-refractivity contribution < 1.29 is 4.43 Å². The van der Waals surface area contributed by atoms with Gasteiger partial charge in [-0.25, -0.2) is 0 Å². The van der Waals surface area contributed by atoms with E-state index in [9.17, 15) is 0 Å². The summed E-state index contributed by atoms with van der Waals surface area (Å²) in [7, 11) is -1.70. The fraction of sp³-hybridized carbons (Fsp3) is 0.700. The van der Waals surface area contributed by atoms with E-state index in [1.165, 1.54) is 0 Å². The maximum absolute atomic E-state index is 8.52. The van der Waals surface area contributed by atoms with Crippen LogP contribution in [0.4, 0.5) is 0 Å². The van der Waals surface area contributed by atoms with Crippen LogP contribution in [0.25, 0.3) is 0 Å². The topological polar surface area (TPSA) is 33.0 Å². The highest BCUT2D eigenvalue weighted by atomic mass is 28.4. The van der Waals surface area contributed by atoms with E-state index in [0.717, 1.165) is 0 Å². The van der Waals surface area contributed by atoms with Crippen molar-refractivity contribution in [3.05, 3.63) is 12.2 Å². The summed E-state index contributed by atoms with van der Waals surface area (Å²) in [5.74, 6) is 0. The lowest BCUT2D eigenvalue weighted by Gasteiger charge is -2.35. The Bertz CT molecular complexity index is 232. The molecule has 0 aromatic carbocycles. The van der Waals surface area contributed by atoms with Crippen molar-refractivity contribution in [1.29, 1.82) is 5.26 Å². The average Bonchev–Trinajstić information content (AvgIpc) is 1.98. The molecule has 0 unspecified atom stereocenters. The van der Waals surface area contributed by atoms with Crippen LogP contribution in [0, 0.1) is 11.3 Å². The number of hydrogen-bond donors (Lipinski definition) is 0. The fourth-order valence-corrected chi connectivity index (χ4v) is 1.48. The van der Waals surface area contributed by atoms with Crippen LogP contribution < -0.4 is 0 Å². The van der Waals surface area contributed by atoms with Gasteiger partial charge >= 0.3 is 0 Å². The van der Waals surface area contributed by atoms with E-state index in [4.69, 9.17) is 9.69 Å². The lowest BCUT2D eigenvalue weighted by atomic mass is 10.2. The maximum Gasteiger partial charge on any atom is 0.192 e. The third-order valence-electron chi connectivity index (χ3n) is 2.57. The first-order chi connectivity index (χ1) is 5.70. The lowest BCUT2D eigenvalue weighted by molar-refractivity contribution is 0.322. The van der Waals surface area contributed by atoms with Gasteiger partial charge < -0.3 is 4.43 Å². The van der Waals surface area contributed by atoms with Gasteiger partial charge in [0.1, 0.15) is 0 Å². The SMILES string of the molecule is C=C(C#N)CO[Si](C)(C)C(C)(C)C. The number of rotatable bonds is 3. The number of hydrogen-bond acceptors (Lipinski definition) is 2. The Hall–Kier alpha value is -0.593. The van der Waals surface area contributed by atoms with E-state index in [0.29, 0.717) is 12.2 Å². The minimum atomic E-state index is -1.70. The Kier molecular flexibility index (Phi) is 3.89. The second-order valence-corrected chi connectivity index (χ2v) is 9.57. The molecule has 0 aliphatic carbocycles. The van der Waals surface area contributed by atoms with Crippen molar-refractivity contribution in [2.75, 3.05) is 6.61 Å². The van der Waals surface area contributed by atoms with Crippen LogP contribution in [0.2, 0.25) is 18.1 Å². The largest absolute Gasteiger partial charge is 0.412 e. The third kappa shape index (κ3) is 3.75. The molecule has 0 bridgehead atoms. The van der Waals surface area contributed by atoms with Gasteiger partial charge in [0.2, 0.25) is 0 Å². The molecule has 13 heavy (non-hydrogen) atoms. The molecule has 0 radical (unpaired) electrons. The molecule has 74 valence electrons. The molecule has 0 aromatic heterocycles. The molecule has 0 N–H and O–H groups in total. The summed E-state index contributed by atoms with van der Waals surface area (Å²) < 4.78 is 5.76. The first kappa shape index (κ1) is 12.4. The lowest BCUT2D eigenvalue weighted by Crippen LogP contribution is -2.41. The van der Waals surface area contributed by atoms with Gasteiger partial charge in [0.25, 0.3) is 0 Å². The Morgan fingerprint density at radius 3 is 2.23 bits per heavy atom. The minimum absolute atomic E-state index is 0.197. The summed E-state index contributed by atoms with van der Waals surface area (Å²) in [6, 6.07) is 1.99. The molecule has 0 rings (SSSR count). The van der Waals surface area contributed by atoms with Crippen LogP contribution in [-0.2, 0) is 4.43 Å². The van der Waals surface area contributed by atoms with Crippen molar-refractivity contribution in [1.82, 2.24) is 0 Å². The van der Waals surface area contributed by atoms with Crippen LogP contribution in [-0.4, -0.2) is 14.9 Å². The summed E-state index contributed by atoms with van der Waals surface area (Å²) in [5.41, 5.74) is 0.504. The number of nitriles is 1.